The Morgan fingerprint density at radius 1 is 1.19 bits per heavy atom. The molecule has 0 heterocycles. The van der Waals surface area contributed by atoms with Crippen LogP contribution in [-0.2, 0) is 33.3 Å². The molecular weight excluding hydrogens is 236 g/mol. The third kappa shape index (κ3) is 6.40. The molecule has 0 fully saturated rings. The van der Waals surface area contributed by atoms with Gasteiger partial charge in [0.05, 0.1) is 6.42 Å². The maximum absolute atomic E-state index is 10.9. The normalized spacial score (nSPS) is 11.0. The van der Waals surface area contributed by atoms with E-state index in [0.717, 1.165) is 0 Å². The smallest absolute Gasteiger partial charge is 0.357 e. The van der Waals surface area contributed by atoms with Gasteiger partial charge < -0.3 is 14.4 Å². The van der Waals surface area contributed by atoms with Crippen LogP contribution in [0.4, 0.5) is 0 Å². The Balaban J connectivity index is 3.80. The monoisotopic (exact) mass is 250 g/mol. The van der Waals surface area contributed by atoms with Crippen LogP contribution >= 0.6 is 0 Å². The van der Waals surface area contributed by atoms with Gasteiger partial charge in [0.15, 0.2) is 5.91 Å². The molecule has 8 heteroatoms. The molecule has 0 saturated heterocycles. The van der Waals surface area contributed by atoms with Crippen LogP contribution < -0.4 is 0 Å². The Morgan fingerprint density at radius 3 is 2.19 bits per heavy atom. The van der Waals surface area contributed by atoms with E-state index >= 15 is 0 Å². The third-order valence-electron chi connectivity index (χ3n) is 1.50. The van der Waals surface area contributed by atoms with Crippen LogP contribution in [0.5, 0.6) is 0 Å². The topological polar surface area (TPSA) is 88.1 Å². The molecule has 0 aromatic rings. The van der Waals surface area contributed by atoms with Gasteiger partial charge in [-0.05, 0) is 6.92 Å². The Morgan fingerprint density at radius 2 is 1.75 bits per heavy atom. The molecule has 0 atom stereocenters. The molecule has 0 N–H and O–H groups in total. The van der Waals surface area contributed by atoms with Crippen LogP contribution in [0.2, 0.25) is 0 Å². The van der Waals surface area contributed by atoms with Gasteiger partial charge in [-0.15, -0.1) is 0 Å². The first-order chi connectivity index (χ1) is 7.51. The highest BCUT2D eigenvalue weighted by Gasteiger charge is 2.19. The van der Waals surface area contributed by atoms with Gasteiger partial charge in [0.25, 0.3) is 9.76 Å². The number of rotatable bonds is 8. The standard InChI is InChI=1S/C8H14O7Si/c1-5(9)4-6(10)7(11)14-15-16-8(12-2)13-3/h8H,4,16H2,1-3H3. The fraction of sp³-hybridized carbons (Fsp3) is 0.625. The van der Waals surface area contributed by atoms with Gasteiger partial charge in [-0.3, -0.25) is 9.59 Å². The Bertz CT molecular complexity index is 261. The van der Waals surface area contributed by atoms with Gasteiger partial charge >= 0.3 is 5.97 Å². The van der Waals surface area contributed by atoms with E-state index in [2.05, 4.69) is 9.46 Å². The minimum Gasteiger partial charge on any atom is -0.357 e. The third-order valence-corrected chi connectivity index (χ3v) is 2.69. The molecule has 0 rings (SSSR count). The first-order valence-corrected chi connectivity index (χ1v) is 5.82. The van der Waals surface area contributed by atoms with Crippen molar-refractivity contribution >= 4 is 27.3 Å². The van der Waals surface area contributed by atoms with E-state index in [1.165, 1.54) is 21.1 Å². The number of hydrogen-bond acceptors (Lipinski definition) is 7. The summed E-state index contributed by atoms with van der Waals surface area (Å²) in [6, 6.07) is 0. The first kappa shape index (κ1) is 14.9. The lowest BCUT2D eigenvalue weighted by Crippen LogP contribution is -2.27. The molecule has 0 saturated carbocycles. The highest BCUT2D eigenvalue weighted by atomic mass is 28.2. The van der Waals surface area contributed by atoms with Gasteiger partial charge in [-0.2, -0.15) is 0 Å². The Labute approximate surface area is 94.9 Å². The van der Waals surface area contributed by atoms with Gasteiger partial charge in [-0.1, -0.05) is 0 Å². The zero-order chi connectivity index (χ0) is 12.6. The second-order valence-electron chi connectivity index (χ2n) is 2.86. The summed E-state index contributed by atoms with van der Waals surface area (Å²) < 4.78 is 14.1. The fourth-order valence-electron chi connectivity index (χ4n) is 0.720. The minimum atomic E-state index is -1.40. The predicted molar refractivity (Wildman–Crippen MR) is 53.8 cm³/mol. The van der Waals surface area contributed by atoms with Crippen molar-refractivity contribution in [3.63, 3.8) is 0 Å². The molecule has 0 radical (unpaired) electrons. The lowest BCUT2D eigenvalue weighted by atomic mass is 10.2. The van der Waals surface area contributed by atoms with Crippen LogP contribution in [0.3, 0.4) is 0 Å². The largest absolute Gasteiger partial charge is 0.407 e. The predicted octanol–water partition coefficient (Wildman–Crippen LogP) is -1.33. The van der Waals surface area contributed by atoms with E-state index in [1.807, 2.05) is 0 Å². The molecule has 7 nitrogen and oxygen atoms in total. The van der Waals surface area contributed by atoms with Gasteiger partial charge in [0.1, 0.15) is 5.78 Å². The zero-order valence-corrected chi connectivity index (χ0v) is 10.8. The molecule has 0 aromatic heterocycles. The molecule has 0 spiro atoms. The van der Waals surface area contributed by atoms with Crippen molar-refractivity contribution in [2.24, 2.45) is 0 Å². The van der Waals surface area contributed by atoms with E-state index in [-0.39, 0.29) is 0 Å². The van der Waals surface area contributed by atoms with Crippen molar-refractivity contribution < 1.29 is 33.3 Å². The molecule has 0 unspecified atom stereocenters. The molecular formula is C8H14O7Si. The lowest BCUT2D eigenvalue weighted by Gasteiger charge is -2.11. The summed E-state index contributed by atoms with van der Waals surface area (Å²) in [5.41, 5.74) is 0. The molecule has 0 aliphatic carbocycles. The van der Waals surface area contributed by atoms with Crippen molar-refractivity contribution in [3.05, 3.63) is 0 Å². The average molecular weight is 250 g/mol. The molecule has 0 aliphatic rings. The summed E-state index contributed by atoms with van der Waals surface area (Å²) in [7, 11) is 1.42. The van der Waals surface area contributed by atoms with Crippen molar-refractivity contribution in [1.82, 2.24) is 0 Å². The maximum Gasteiger partial charge on any atom is 0.407 e. The van der Waals surface area contributed by atoms with Gasteiger partial charge in [-0.25, -0.2) is 9.37 Å². The highest BCUT2D eigenvalue weighted by molar-refractivity contribution is 6.37. The van der Waals surface area contributed by atoms with Crippen LogP contribution in [0, 0.1) is 0 Å². The molecule has 92 valence electrons. The lowest BCUT2D eigenvalue weighted by molar-refractivity contribution is -0.219. The molecule has 0 aliphatic heterocycles. The van der Waals surface area contributed by atoms with E-state index < -0.39 is 39.6 Å². The Kier molecular flexibility index (Phi) is 7.55. The minimum absolute atomic E-state index is 0.411. The number of ether oxygens (including phenoxy) is 2. The quantitative estimate of drug-likeness (QED) is 0.132. The molecule has 0 bridgehead atoms. The van der Waals surface area contributed by atoms with Crippen molar-refractivity contribution in [1.29, 1.82) is 0 Å². The summed E-state index contributed by atoms with van der Waals surface area (Å²) in [6.07, 6.45) is -0.484. The average Bonchev–Trinajstić information content (AvgIpc) is 2.23. The highest BCUT2D eigenvalue weighted by Crippen LogP contribution is 1.93. The number of methoxy groups -OCH3 is 2. The summed E-state index contributed by atoms with van der Waals surface area (Å²) >= 11 is 0. The maximum atomic E-state index is 10.9. The van der Waals surface area contributed by atoms with Crippen molar-refractivity contribution in [2.45, 2.75) is 19.3 Å². The summed E-state index contributed by atoms with van der Waals surface area (Å²) in [5.74, 6) is -3.09. The second kappa shape index (κ2) is 8.10. The zero-order valence-electron chi connectivity index (χ0n) is 9.35. The van der Waals surface area contributed by atoms with Crippen LogP contribution in [0.25, 0.3) is 0 Å². The van der Waals surface area contributed by atoms with E-state index in [4.69, 9.17) is 9.47 Å². The number of ketones is 2. The number of carbonyl (C=O) groups excluding carboxylic acids is 3. The number of hydrogen-bond donors (Lipinski definition) is 0. The molecule has 0 aromatic carbocycles. The van der Waals surface area contributed by atoms with Crippen LogP contribution in [0.15, 0.2) is 0 Å². The van der Waals surface area contributed by atoms with Crippen LogP contribution in [0.1, 0.15) is 13.3 Å². The Hall–Kier alpha value is -1.09. The summed E-state index contributed by atoms with van der Waals surface area (Å²) in [4.78, 5) is 36.6. The van der Waals surface area contributed by atoms with E-state index in [0.29, 0.717) is 0 Å². The summed E-state index contributed by atoms with van der Waals surface area (Å²) in [5, 5.41) is 0. The summed E-state index contributed by atoms with van der Waals surface area (Å²) in [6.45, 7) is 1.20. The molecule has 0 amide bonds. The van der Waals surface area contributed by atoms with Crippen molar-refractivity contribution in [2.75, 3.05) is 14.2 Å². The molecule has 16 heavy (non-hydrogen) atoms. The van der Waals surface area contributed by atoms with Gasteiger partial charge in [0, 0.05) is 14.2 Å². The van der Waals surface area contributed by atoms with E-state index in [9.17, 15) is 14.4 Å². The van der Waals surface area contributed by atoms with Crippen molar-refractivity contribution in [3.8, 4) is 0 Å². The first-order valence-electron chi connectivity index (χ1n) is 4.43. The number of carbonyl (C=O) groups is 3. The number of Topliss-reactive ketones (excluding diaryl/α,β-unsaturated/α-hetero) is 2. The SMILES string of the molecule is COC(OC)[SiH2]OOC(=O)C(=O)CC(C)=O. The van der Waals surface area contributed by atoms with E-state index in [1.54, 1.807) is 0 Å². The second-order valence-corrected chi connectivity index (χ2v) is 4.09. The van der Waals surface area contributed by atoms with Crippen LogP contribution in [-0.4, -0.2) is 47.4 Å². The fourth-order valence-corrected chi connectivity index (χ4v) is 1.28. The van der Waals surface area contributed by atoms with Gasteiger partial charge in [0.2, 0.25) is 5.78 Å².